The molecule has 1 atom stereocenters. The summed E-state index contributed by atoms with van der Waals surface area (Å²) in [6.07, 6.45) is 6.73. The summed E-state index contributed by atoms with van der Waals surface area (Å²) >= 11 is 6.71. The van der Waals surface area contributed by atoms with E-state index < -0.39 is 5.60 Å². The predicted octanol–water partition coefficient (Wildman–Crippen LogP) is 5.03. The van der Waals surface area contributed by atoms with Gasteiger partial charge in [0.2, 0.25) is 0 Å². The van der Waals surface area contributed by atoms with E-state index in [0.29, 0.717) is 22.0 Å². The Balaban J connectivity index is 1.84. The van der Waals surface area contributed by atoms with Gasteiger partial charge in [0.25, 0.3) is 0 Å². The van der Waals surface area contributed by atoms with Gasteiger partial charge in [-0.05, 0) is 29.3 Å². The van der Waals surface area contributed by atoms with Crippen molar-refractivity contribution in [3.05, 3.63) is 108 Å². The molecular weight excluding hydrogens is 446 g/mol. The SMILES string of the molecule is CN(C)c1c(-c2ccccc2)c(Cl)nc2ccc(C(O)(c3cccnc3)c3cncn3C)cc12. The van der Waals surface area contributed by atoms with Gasteiger partial charge in [-0.25, -0.2) is 9.97 Å². The molecule has 5 aromatic rings. The second-order valence-electron chi connectivity index (χ2n) is 8.46. The van der Waals surface area contributed by atoms with Crippen molar-refractivity contribution in [2.45, 2.75) is 5.60 Å². The lowest BCUT2D eigenvalue weighted by Gasteiger charge is -2.30. The van der Waals surface area contributed by atoms with Crippen molar-refractivity contribution in [3.8, 4) is 11.1 Å². The van der Waals surface area contributed by atoms with Gasteiger partial charge in [-0.2, -0.15) is 0 Å². The molecule has 0 radical (unpaired) electrons. The quantitative estimate of drug-likeness (QED) is 0.365. The number of anilines is 1. The molecule has 0 fully saturated rings. The molecule has 1 unspecified atom stereocenters. The van der Waals surface area contributed by atoms with E-state index in [2.05, 4.69) is 9.97 Å². The molecule has 34 heavy (non-hydrogen) atoms. The number of benzene rings is 2. The van der Waals surface area contributed by atoms with E-state index in [4.69, 9.17) is 16.6 Å². The van der Waals surface area contributed by atoms with Gasteiger partial charge in [0.15, 0.2) is 5.60 Å². The zero-order valence-electron chi connectivity index (χ0n) is 19.1. The average molecular weight is 470 g/mol. The highest BCUT2D eigenvalue weighted by molar-refractivity contribution is 6.34. The van der Waals surface area contributed by atoms with E-state index in [0.717, 1.165) is 27.7 Å². The minimum Gasteiger partial charge on any atom is -0.377 e. The predicted molar refractivity (Wildman–Crippen MR) is 136 cm³/mol. The van der Waals surface area contributed by atoms with E-state index in [1.165, 1.54) is 0 Å². The smallest absolute Gasteiger partial charge is 0.158 e. The third-order valence-electron chi connectivity index (χ3n) is 6.11. The van der Waals surface area contributed by atoms with Crippen LogP contribution in [-0.2, 0) is 12.6 Å². The average Bonchev–Trinajstić information content (AvgIpc) is 3.29. The number of aliphatic hydroxyl groups is 1. The minimum absolute atomic E-state index is 0.435. The highest BCUT2D eigenvalue weighted by Crippen LogP contribution is 2.43. The zero-order chi connectivity index (χ0) is 23.9. The third-order valence-corrected chi connectivity index (χ3v) is 6.38. The fraction of sp³-hybridized carbons (Fsp3) is 0.148. The number of halogens is 1. The number of fused-ring (bicyclic) bond motifs is 1. The number of pyridine rings is 2. The van der Waals surface area contributed by atoms with E-state index in [1.54, 1.807) is 24.9 Å². The second kappa shape index (κ2) is 8.56. The number of hydrogen-bond acceptors (Lipinski definition) is 5. The molecule has 170 valence electrons. The highest BCUT2D eigenvalue weighted by Gasteiger charge is 2.37. The Morgan fingerprint density at radius 3 is 2.38 bits per heavy atom. The zero-order valence-corrected chi connectivity index (χ0v) is 19.9. The lowest BCUT2D eigenvalue weighted by molar-refractivity contribution is 0.117. The van der Waals surface area contributed by atoms with Crippen LogP contribution in [0.15, 0.2) is 85.6 Å². The van der Waals surface area contributed by atoms with Crippen LogP contribution in [0, 0.1) is 0 Å². The maximum absolute atomic E-state index is 12.3. The van der Waals surface area contributed by atoms with Crippen LogP contribution in [0.1, 0.15) is 16.8 Å². The van der Waals surface area contributed by atoms with Gasteiger partial charge in [-0.1, -0.05) is 54.1 Å². The fourth-order valence-electron chi connectivity index (χ4n) is 4.51. The molecule has 2 aromatic carbocycles. The van der Waals surface area contributed by atoms with Crippen molar-refractivity contribution >= 4 is 28.2 Å². The maximum Gasteiger partial charge on any atom is 0.158 e. The number of rotatable bonds is 5. The molecule has 0 aliphatic heterocycles. The molecule has 0 spiro atoms. The number of aryl methyl sites for hydroxylation is 1. The van der Waals surface area contributed by atoms with Gasteiger partial charge < -0.3 is 14.6 Å². The number of nitrogens with zero attached hydrogens (tertiary/aromatic N) is 5. The number of imidazole rings is 1. The van der Waals surface area contributed by atoms with E-state index in [-0.39, 0.29) is 0 Å². The van der Waals surface area contributed by atoms with Crippen LogP contribution in [0.5, 0.6) is 0 Å². The van der Waals surface area contributed by atoms with E-state index in [9.17, 15) is 5.11 Å². The van der Waals surface area contributed by atoms with Gasteiger partial charge in [-0.3, -0.25) is 4.98 Å². The molecule has 0 aliphatic rings. The Labute approximate surface area is 203 Å². The van der Waals surface area contributed by atoms with Crippen LogP contribution in [0.3, 0.4) is 0 Å². The summed E-state index contributed by atoms with van der Waals surface area (Å²) in [5.74, 6) is 0. The van der Waals surface area contributed by atoms with Crippen LogP contribution < -0.4 is 4.90 Å². The van der Waals surface area contributed by atoms with Crippen LogP contribution in [0.2, 0.25) is 5.15 Å². The van der Waals surface area contributed by atoms with Crippen molar-refractivity contribution < 1.29 is 5.11 Å². The molecule has 3 aromatic heterocycles. The molecular formula is C27H24ClN5O. The molecule has 0 bridgehead atoms. The van der Waals surface area contributed by atoms with Crippen molar-refractivity contribution in [2.75, 3.05) is 19.0 Å². The summed E-state index contributed by atoms with van der Waals surface area (Å²) in [5, 5.41) is 13.6. The third kappa shape index (κ3) is 3.52. The Morgan fingerprint density at radius 2 is 1.74 bits per heavy atom. The van der Waals surface area contributed by atoms with E-state index >= 15 is 0 Å². The maximum atomic E-state index is 12.3. The molecule has 6 nitrogen and oxygen atoms in total. The lowest BCUT2D eigenvalue weighted by atomic mass is 9.83. The van der Waals surface area contributed by atoms with Crippen molar-refractivity contribution in [2.24, 2.45) is 7.05 Å². The Kier molecular flexibility index (Phi) is 5.55. The standard InChI is InChI=1S/C27H24ClN5O/c1-32(2)25-21-14-19(11-12-22(21)31-26(28)24(25)18-8-5-4-6-9-18)27(34,20-10-7-13-29-15-20)23-16-30-17-33(23)3/h4-17,34H,1-3H3. The first-order valence-corrected chi connectivity index (χ1v) is 11.2. The number of aromatic nitrogens is 4. The van der Waals surface area contributed by atoms with Crippen LogP contribution in [-0.4, -0.2) is 38.7 Å². The van der Waals surface area contributed by atoms with E-state index in [1.807, 2.05) is 91.3 Å². The molecule has 7 heteroatoms. The number of hydrogen-bond donors (Lipinski definition) is 1. The molecule has 0 saturated carbocycles. The summed E-state index contributed by atoms with van der Waals surface area (Å²) in [4.78, 5) is 15.3. The molecule has 0 amide bonds. The lowest BCUT2D eigenvalue weighted by Crippen LogP contribution is -2.31. The van der Waals surface area contributed by atoms with Gasteiger partial charge in [-0.15, -0.1) is 0 Å². The van der Waals surface area contributed by atoms with Crippen LogP contribution in [0.4, 0.5) is 5.69 Å². The second-order valence-corrected chi connectivity index (χ2v) is 8.82. The van der Waals surface area contributed by atoms with Crippen molar-refractivity contribution in [3.63, 3.8) is 0 Å². The van der Waals surface area contributed by atoms with Gasteiger partial charge in [0.1, 0.15) is 5.15 Å². The van der Waals surface area contributed by atoms with Gasteiger partial charge in [0.05, 0.1) is 29.4 Å². The molecule has 5 rings (SSSR count). The summed E-state index contributed by atoms with van der Waals surface area (Å²) in [5.41, 5.74) is 4.00. The minimum atomic E-state index is -1.47. The first kappa shape index (κ1) is 22.1. The topological polar surface area (TPSA) is 67.1 Å². The molecule has 1 N–H and O–H groups in total. The van der Waals surface area contributed by atoms with Crippen LogP contribution >= 0.6 is 11.6 Å². The van der Waals surface area contributed by atoms with Gasteiger partial charge >= 0.3 is 0 Å². The summed E-state index contributed by atoms with van der Waals surface area (Å²) in [6.45, 7) is 0. The van der Waals surface area contributed by atoms with Gasteiger partial charge in [0, 0.05) is 50.0 Å². The fourth-order valence-corrected chi connectivity index (χ4v) is 4.80. The summed E-state index contributed by atoms with van der Waals surface area (Å²) < 4.78 is 1.82. The Bertz CT molecular complexity index is 1470. The Hall–Kier alpha value is -3.74. The van der Waals surface area contributed by atoms with Crippen molar-refractivity contribution in [1.82, 2.24) is 19.5 Å². The van der Waals surface area contributed by atoms with Crippen molar-refractivity contribution in [1.29, 1.82) is 0 Å². The monoisotopic (exact) mass is 469 g/mol. The molecule has 3 heterocycles. The summed E-state index contributed by atoms with van der Waals surface area (Å²) in [6, 6.07) is 19.4. The Morgan fingerprint density at radius 1 is 0.941 bits per heavy atom. The largest absolute Gasteiger partial charge is 0.377 e. The first-order valence-electron chi connectivity index (χ1n) is 10.9. The summed E-state index contributed by atoms with van der Waals surface area (Å²) in [7, 11) is 5.84. The molecule has 0 saturated heterocycles. The highest BCUT2D eigenvalue weighted by atomic mass is 35.5. The first-order chi connectivity index (χ1) is 16.4. The molecule has 0 aliphatic carbocycles. The normalized spacial score (nSPS) is 13.1. The van der Waals surface area contributed by atoms with Crippen LogP contribution in [0.25, 0.3) is 22.0 Å².